The van der Waals surface area contributed by atoms with E-state index in [2.05, 4.69) is 15.3 Å². The van der Waals surface area contributed by atoms with Gasteiger partial charge in [0.15, 0.2) is 5.96 Å². The van der Waals surface area contributed by atoms with Crippen LogP contribution < -0.4 is 20.5 Å². The number of rotatable bonds is 6. The van der Waals surface area contributed by atoms with Crippen LogP contribution in [0.15, 0.2) is 47.6 Å². The molecule has 6 nitrogen and oxygen atoms in total. The lowest BCUT2D eigenvalue weighted by molar-refractivity contribution is 0.201. The van der Waals surface area contributed by atoms with Crippen LogP contribution in [0.3, 0.4) is 0 Å². The van der Waals surface area contributed by atoms with E-state index in [0.717, 1.165) is 29.8 Å². The van der Waals surface area contributed by atoms with Gasteiger partial charge in [0.2, 0.25) is 5.88 Å². The molecule has 6 heteroatoms. The number of guanidine groups is 1. The molecule has 1 aliphatic rings. The number of hydrogen-bond donors (Lipinski definition) is 2. The maximum Gasteiger partial charge on any atom is 0.213 e. The number of ether oxygens (including phenoxy) is 2. The molecule has 3 rings (SSSR count). The molecule has 1 aromatic carbocycles. The molecule has 0 amide bonds. The second kappa shape index (κ2) is 8.37. The Morgan fingerprint density at radius 2 is 2.08 bits per heavy atom. The number of benzene rings is 1. The fourth-order valence-electron chi connectivity index (χ4n) is 2.89. The van der Waals surface area contributed by atoms with Crippen molar-refractivity contribution in [2.24, 2.45) is 10.7 Å². The first-order chi connectivity index (χ1) is 12.2. The van der Waals surface area contributed by atoms with Gasteiger partial charge >= 0.3 is 0 Å². The summed E-state index contributed by atoms with van der Waals surface area (Å²) in [6.45, 7) is 0.456. The molecule has 1 heterocycles. The maximum absolute atomic E-state index is 5.98. The minimum absolute atomic E-state index is 0.295. The van der Waals surface area contributed by atoms with Gasteiger partial charge in [0.05, 0.1) is 19.3 Å². The Kier molecular flexibility index (Phi) is 5.72. The SMILES string of the molecule is COc1ccccc1NC(N)=NCc1ccnc(OC2CCCC2)c1. The zero-order valence-corrected chi connectivity index (χ0v) is 14.4. The number of aromatic nitrogens is 1. The van der Waals surface area contributed by atoms with Gasteiger partial charge in [-0.2, -0.15) is 0 Å². The van der Waals surface area contributed by atoms with Crippen LogP contribution in [0.5, 0.6) is 11.6 Å². The van der Waals surface area contributed by atoms with Crippen LogP contribution in [-0.4, -0.2) is 24.2 Å². The smallest absolute Gasteiger partial charge is 0.213 e. The second-order valence-electron chi connectivity index (χ2n) is 6.05. The number of hydrogen-bond acceptors (Lipinski definition) is 4. The molecule has 1 saturated carbocycles. The lowest BCUT2D eigenvalue weighted by atomic mass is 10.2. The van der Waals surface area contributed by atoms with Crippen LogP contribution in [0.25, 0.3) is 0 Å². The van der Waals surface area contributed by atoms with E-state index in [1.165, 1.54) is 12.8 Å². The second-order valence-corrected chi connectivity index (χ2v) is 6.05. The quantitative estimate of drug-likeness (QED) is 0.622. The Bertz CT molecular complexity index is 727. The summed E-state index contributed by atoms with van der Waals surface area (Å²) >= 11 is 0. The van der Waals surface area contributed by atoms with E-state index in [1.54, 1.807) is 13.3 Å². The van der Waals surface area contributed by atoms with Gasteiger partial charge in [0.25, 0.3) is 0 Å². The standard InChI is InChI=1S/C19H24N4O2/c1-24-17-9-5-4-8-16(17)23-19(20)22-13-14-10-11-21-18(12-14)25-15-6-2-3-7-15/h4-5,8-12,15H,2-3,6-7,13H2,1H3,(H3,20,22,23). The Hall–Kier alpha value is -2.76. The first kappa shape index (κ1) is 17.1. The predicted octanol–water partition coefficient (Wildman–Crippen LogP) is 3.34. The van der Waals surface area contributed by atoms with Crippen molar-refractivity contribution in [3.63, 3.8) is 0 Å². The summed E-state index contributed by atoms with van der Waals surface area (Å²) in [5.74, 6) is 1.72. The number of nitrogens with one attached hydrogen (secondary N) is 1. The van der Waals surface area contributed by atoms with Gasteiger partial charge in [-0.05, 0) is 49.4 Å². The lowest BCUT2D eigenvalue weighted by Crippen LogP contribution is -2.23. The highest BCUT2D eigenvalue weighted by Gasteiger charge is 2.16. The van der Waals surface area contributed by atoms with E-state index in [0.29, 0.717) is 24.5 Å². The molecular weight excluding hydrogens is 316 g/mol. The number of methoxy groups -OCH3 is 1. The normalized spacial score (nSPS) is 15.2. The van der Waals surface area contributed by atoms with Gasteiger partial charge in [-0.15, -0.1) is 0 Å². The predicted molar refractivity (Wildman–Crippen MR) is 99.1 cm³/mol. The summed E-state index contributed by atoms with van der Waals surface area (Å²) < 4.78 is 11.2. The summed E-state index contributed by atoms with van der Waals surface area (Å²) in [5, 5.41) is 3.06. The first-order valence-electron chi connectivity index (χ1n) is 8.56. The molecule has 0 aliphatic heterocycles. The highest BCUT2D eigenvalue weighted by atomic mass is 16.5. The summed E-state index contributed by atoms with van der Waals surface area (Å²) in [5.41, 5.74) is 7.77. The van der Waals surface area contributed by atoms with Crippen LogP contribution >= 0.6 is 0 Å². The lowest BCUT2D eigenvalue weighted by Gasteiger charge is -2.12. The summed E-state index contributed by atoms with van der Waals surface area (Å²) in [6, 6.07) is 11.4. The number of para-hydroxylation sites is 2. The molecule has 0 saturated heterocycles. The van der Waals surface area contributed by atoms with Gasteiger partial charge in [-0.3, -0.25) is 0 Å². The van der Waals surface area contributed by atoms with Crippen molar-refractivity contribution >= 4 is 11.6 Å². The number of nitrogens with two attached hydrogens (primary N) is 1. The molecule has 25 heavy (non-hydrogen) atoms. The van der Waals surface area contributed by atoms with Gasteiger partial charge in [0.1, 0.15) is 11.9 Å². The van der Waals surface area contributed by atoms with Crippen LogP contribution in [0.1, 0.15) is 31.2 Å². The highest BCUT2D eigenvalue weighted by Crippen LogP contribution is 2.24. The molecule has 1 aromatic heterocycles. The highest BCUT2D eigenvalue weighted by molar-refractivity contribution is 5.93. The summed E-state index contributed by atoms with van der Waals surface area (Å²) in [4.78, 5) is 8.67. The Morgan fingerprint density at radius 3 is 2.88 bits per heavy atom. The largest absolute Gasteiger partial charge is 0.495 e. The van der Waals surface area contributed by atoms with E-state index in [9.17, 15) is 0 Å². The van der Waals surface area contributed by atoms with E-state index >= 15 is 0 Å². The number of nitrogens with zero attached hydrogens (tertiary/aromatic N) is 2. The average Bonchev–Trinajstić information content (AvgIpc) is 3.14. The molecule has 2 aromatic rings. The van der Waals surface area contributed by atoms with E-state index in [-0.39, 0.29) is 0 Å². The minimum atomic E-state index is 0.295. The molecule has 0 spiro atoms. The van der Waals surface area contributed by atoms with Crippen LogP contribution in [0, 0.1) is 0 Å². The van der Waals surface area contributed by atoms with Crippen LogP contribution in [0.4, 0.5) is 5.69 Å². The number of aliphatic imine (C=N–C) groups is 1. The number of pyridine rings is 1. The maximum atomic E-state index is 5.98. The van der Waals surface area contributed by atoms with Gasteiger partial charge in [0, 0.05) is 12.3 Å². The molecule has 132 valence electrons. The van der Waals surface area contributed by atoms with Crippen molar-refractivity contribution in [1.29, 1.82) is 0 Å². The molecule has 1 aliphatic carbocycles. The Labute approximate surface area is 148 Å². The number of anilines is 1. The fourth-order valence-corrected chi connectivity index (χ4v) is 2.89. The van der Waals surface area contributed by atoms with Crippen molar-refractivity contribution in [2.45, 2.75) is 38.3 Å². The third-order valence-electron chi connectivity index (χ3n) is 4.19. The molecular formula is C19H24N4O2. The fraction of sp³-hybridized carbons (Fsp3) is 0.368. The van der Waals surface area contributed by atoms with E-state index < -0.39 is 0 Å². The molecule has 3 N–H and O–H groups in total. The Morgan fingerprint density at radius 1 is 1.28 bits per heavy atom. The van der Waals surface area contributed by atoms with Crippen LogP contribution in [-0.2, 0) is 6.54 Å². The van der Waals surface area contributed by atoms with Crippen molar-refractivity contribution in [3.05, 3.63) is 48.2 Å². The molecule has 0 atom stereocenters. The summed E-state index contributed by atoms with van der Waals surface area (Å²) in [7, 11) is 1.62. The van der Waals surface area contributed by atoms with Gasteiger partial charge < -0.3 is 20.5 Å². The zero-order chi connectivity index (χ0) is 17.5. The van der Waals surface area contributed by atoms with Crippen molar-refractivity contribution in [3.8, 4) is 11.6 Å². The average molecular weight is 340 g/mol. The zero-order valence-electron chi connectivity index (χ0n) is 14.4. The van der Waals surface area contributed by atoms with E-state index in [4.69, 9.17) is 15.2 Å². The molecule has 0 unspecified atom stereocenters. The third-order valence-corrected chi connectivity index (χ3v) is 4.19. The minimum Gasteiger partial charge on any atom is -0.495 e. The Balaban J connectivity index is 1.60. The topological polar surface area (TPSA) is 81.8 Å². The van der Waals surface area contributed by atoms with E-state index in [1.807, 2.05) is 36.4 Å². The molecule has 0 radical (unpaired) electrons. The summed E-state index contributed by atoms with van der Waals surface area (Å²) in [6.07, 6.45) is 6.74. The monoisotopic (exact) mass is 340 g/mol. The molecule has 1 fully saturated rings. The van der Waals surface area contributed by atoms with Gasteiger partial charge in [-0.1, -0.05) is 12.1 Å². The van der Waals surface area contributed by atoms with Gasteiger partial charge in [-0.25, -0.2) is 9.98 Å². The first-order valence-corrected chi connectivity index (χ1v) is 8.56. The van der Waals surface area contributed by atoms with Crippen molar-refractivity contribution in [2.75, 3.05) is 12.4 Å². The van der Waals surface area contributed by atoms with Crippen molar-refractivity contribution in [1.82, 2.24) is 4.98 Å². The third kappa shape index (κ3) is 4.86. The van der Waals surface area contributed by atoms with Crippen LogP contribution in [0.2, 0.25) is 0 Å². The molecule has 0 bridgehead atoms. The van der Waals surface area contributed by atoms with Crippen molar-refractivity contribution < 1.29 is 9.47 Å².